The molecule has 114 valence electrons. The summed E-state index contributed by atoms with van der Waals surface area (Å²) in [6, 6.07) is -1.09. The molecule has 20 heavy (non-hydrogen) atoms. The smallest absolute Gasteiger partial charge is 0.327 e. The molecule has 0 saturated carbocycles. The maximum absolute atomic E-state index is 12.5. The van der Waals surface area contributed by atoms with Gasteiger partial charge in [-0.3, -0.25) is 0 Å². The minimum absolute atomic E-state index is 0.0625. The molecule has 0 radical (unpaired) electrons. The van der Waals surface area contributed by atoms with Crippen LogP contribution in [0.2, 0.25) is 0 Å². The Labute approximate surface area is 122 Å². The molecule has 8 heteroatoms. The van der Waals surface area contributed by atoms with E-state index in [1.165, 1.54) is 16.7 Å². The number of likely N-dealkylation sites (tertiary alicyclic amines) is 1. The van der Waals surface area contributed by atoms with Gasteiger partial charge < -0.3 is 24.9 Å². The summed E-state index contributed by atoms with van der Waals surface area (Å²) in [5.74, 6) is -0.139. The number of carbonyl (C=O) groups excluding carboxylic acids is 1. The molecule has 0 bridgehead atoms. The van der Waals surface area contributed by atoms with Crippen LogP contribution in [-0.4, -0.2) is 93.9 Å². The van der Waals surface area contributed by atoms with Gasteiger partial charge in [-0.15, -0.1) is 11.8 Å². The fourth-order valence-electron chi connectivity index (χ4n) is 2.72. The Kier molecular flexibility index (Phi) is 4.77. The number of β-amino-alcohol motifs (C(OH)–C–C–N with tert-alkyl or cyclic N) is 1. The molecule has 2 fully saturated rings. The number of aliphatic hydroxyl groups is 1. The first kappa shape index (κ1) is 15.4. The molecule has 0 aromatic carbocycles. The zero-order valence-corrected chi connectivity index (χ0v) is 12.5. The van der Waals surface area contributed by atoms with Gasteiger partial charge in [-0.05, 0) is 20.5 Å². The Morgan fingerprint density at radius 1 is 1.35 bits per heavy atom. The van der Waals surface area contributed by atoms with E-state index in [4.69, 9.17) is 5.11 Å². The van der Waals surface area contributed by atoms with E-state index in [9.17, 15) is 14.7 Å². The third-order valence-electron chi connectivity index (χ3n) is 3.63. The average molecular weight is 303 g/mol. The molecule has 2 heterocycles. The van der Waals surface area contributed by atoms with Crippen LogP contribution in [0, 0.1) is 0 Å². The highest BCUT2D eigenvalue weighted by Gasteiger charge is 2.42. The predicted octanol–water partition coefficient (Wildman–Crippen LogP) is -0.437. The van der Waals surface area contributed by atoms with E-state index in [2.05, 4.69) is 0 Å². The third kappa shape index (κ3) is 3.18. The van der Waals surface area contributed by atoms with Gasteiger partial charge in [0.25, 0.3) is 0 Å². The lowest BCUT2D eigenvalue weighted by Crippen LogP contribution is -2.52. The molecular weight excluding hydrogens is 282 g/mol. The van der Waals surface area contributed by atoms with Crippen molar-refractivity contribution >= 4 is 23.8 Å². The van der Waals surface area contributed by atoms with Crippen LogP contribution >= 0.6 is 11.8 Å². The highest BCUT2D eigenvalue weighted by atomic mass is 32.2. The highest BCUT2D eigenvalue weighted by Crippen LogP contribution is 2.26. The van der Waals surface area contributed by atoms with Crippen molar-refractivity contribution in [3.63, 3.8) is 0 Å². The second-order valence-electron chi connectivity index (χ2n) is 5.56. The highest BCUT2D eigenvalue weighted by molar-refractivity contribution is 7.99. The number of rotatable bonds is 3. The second kappa shape index (κ2) is 6.19. The normalized spacial score (nSPS) is 30.3. The first-order chi connectivity index (χ1) is 9.40. The van der Waals surface area contributed by atoms with E-state index in [0.717, 1.165) is 0 Å². The van der Waals surface area contributed by atoms with E-state index < -0.39 is 18.1 Å². The second-order valence-corrected chi connectivity index (χ2v) is 6.56. The number of carboxylic acid groups (broad SMARTS) is 1. The number of hydrogen-bond donors (Lipinski definition) is 2. The van der Waals surface area contributed by atoms with Gasteiger partial charge in [0.1, 0.15) is 6.04 Å². The zero-order chi connectivity index (χ0) is 14.9. The van der Waals surface area contributed by atoms with Gasteiger partial charge in [-0.1, -0.05) is 0 Å². The third-order valence-corrected chi connectivity index (χ3v) is 4.64. The Morgan fingerprint density at radius 2 is 2.05 bits per heavy atom. The summed E-state index contributed by atoms with van der Waals surface area (Å²) in [5, 5.41) is 19.0. The van der Waals surface area contributed by atoms with Crippen LogP contribution in [0.4, 0.5) is 4.79 Å². The van der Waals surface area contributed by atoms with E-state index >= 15 is 0 Å². The van der Waals surface area contributed by atoms with E-state index in [0.29, 0.717) is 24.6 Å². The molecular formula is C12H21N3O4S. The van der Waals surface area contributed by atoms with Gasteiger partial charge in [0.15, 0.2) is 0 Å². The van der Waals surface area contributed by atoms with Crippen LogP contribution in [0.3, 0.4) is 0 Å². The minimum atomic E-state index is -0.966. The van der Waals surface area contributed by atoms with Gasteiger partial charge in [-0.25, -0.2) is 9.59 Å². The number of likely N-dealkylation sites (N-methyl/N-ethyl adjacent to an activating group) is 1. The number of nitrogens with zero attached hydrogens (tertiary/aromatic N) is 3. The molecule has 3 atom stereocenters. The van der Waals surface area contributed by atoms with Crippen molar-refractivity contribution in [2.45, 2.75) is 24.6 Å². The zero-order valence-electron chi connectivity index (χ0n) is 11.7. The molecule has 2 rings (SSSR count). The van der Waals surface area contributed by atoms with Crippen LogP contribution in [0.25, 0.3) is 0 Å². The molecule has 0 aromatic rings. The fraction of sp³-hybridized carbons (Fsp3) is 0.833. The Bertz CT molecular complexity index is 393. The largest absolute Gasteiger partial charge is 0.480 e. The molecule has 2 saturated heterocycles. The number of urea groups is 1. The van der Waals surface area contributed by atoms with E-state index in [-0.39, 0.29) is 18.6 Å². The van der Waals surface area contributed by atoms with Gasteiger partial charge in [0.05, 0.1) is 12.0 Å². The van der Waals surface area contributed by atoms with Crippen LogP contribution in [0.5, 0.6) is 0 Å². The van der Waals surface area contributed by atoms with Crippen LogP contribution < -0.4 is 0 Å². The van der Waals surface area contributed by atoms with Crippen molar-refractivity contribution in [1.82, 2.24) is 14.7 Å². The molecule has 7 nitrogen and oxygen atoms in total. The van der Waals surface area contributed by atoms with E-state index in [1.54, 1.807) is 4.90 Å². The molecule has 0 aliphatic carbocycles. The summed E-state index contributed by atoms with van der Waals surface area (Å²) in [7, 11) is 3.83. The van der Waals surface area contributed by atoms with Crippen molar-refractivity contribution in [3.05, 3.63) is 0 Å². The quantitative estimate of drug-likeness (QED) is 0.735. The summed E-state index contributed by atoms with van der Waals surface area (Å²) in [6.45, 7) is 0.951. The van der Waals surface area contributed by atoms with Gasteiger partial charge in [0, 0.05) is 24.9 Å². The molecule has 0 aromatic heterocycles. The fourth-order valence-corrected chi connectivity index (χ4v) is 3.86. The number of aliphatic hydroxyl groups excluding tert-OH is 1. The molecule has 2 N–H and O–H groups in total. The van der Waals surface area contributed by atoms with Crippen LogP contribution in [0.1, 0.15) is 6.42 Å². The van der Waals surface area contributed by atoms with E-state index in [1.807, 2.05) is 19.0 Å². The molecule has 2 aliphatic rings. The standard InChI is InChI=1S/C12H21N3O4S/c1-13(2)4-8-3-9(16)5-14(8)12(19)15-7-20-6-10(15)11(17)18/h8-10,16H,3-7H2,1-2H3,(H,17,18)/t8?,9?,10-/m0/s1. The Morgan fingerprint density at radius 3 is 2.65 bits per heavy atom. The van der Waals surface area contributed by atoms with Crippen molar-refractivity contribution in [3.8, 4) is 0 Å². The summed E-state index contributed by atoms with van der Waals surface area (Å²) in [5.41, 5.74) is 0. The molecule has 2 amide bonds. The van der Waals surface area contributed by atoms with Crippen molar-refractivity contribution in [1.29, 1.82) is 0 Å². The number of thioether (sulfide) groups is 1. The lowest BCUT2D eigenvalue weighted by Gasteiger charge is -2.32. The summed E-state index contributed by atoms with van der Waals surface area (Å²) < 4.78 is 0. The number of hydrogen-bond acceptors (Lipinski definition) is 5. The Balaban J connectivity index is 2.08. The van der Waals surface area contributed by atoms with Gasteiger partial charge in [-0.2, -0.15) is 0 Å². The first-order valence-corrected chi connectivity index (χ1v) is 7.76. The molecule has 2 unspecified atom stereocenters. The van der Waals surface area contributed by atoms with Crippen LogP contribution in [0.15, 0.2) is 0 Å². The molecule has 2 aliphatic heterocycles. The minimum Gasteiger partial charge on any atom is -0.480 e. The molecule has 0 spiro atoms. The summed E-state index contributed by atoms with van der Waals surface area (Å²) in [6.07, 6.45) is 0.0188. The summed E-state index contributed by atoms with van der Waals surface area (Å²) in [4.78, 5) is 28.7. The Hall–Kier alpha value is -0.990. The van der Waals surface area contributed by atoms with Gasteiger partial charge >= 0.3 is 12.0 Å². The van der Waals surface area contributed by atoms with Crippen LogP contribution in [-0.2, 0) is 4.79 Å². The lowest BCUT2D eigenvalue weighted by molar-refractivity contribution is -0.141. The van der Waals surface area contributed by atoms with Crippen molar-refractivity contribution < 1.29 is 19.8 Å². The maximum Gasteiger partial charge on any atom is 0.327 e. The van der Waals surface area contributed by atoms with Crippen molar-refractivity contribution in [2.24, 2.45) is 0 Å². The number of amides is 2. The maximum atomic E-state index is 12.5. The number of carbonyl (C=O) groups is 2. The lowest BCUT2D eigenvalue weighted by atomic mass is 10.2. The average Bonchev–Trinajstić information content (AvgIpc) is 2.94. The predicted molar refractivity (Wildman–Crippen MR) is 75.7 cm³/mol. The topological polar surface area (TPSA) is 84.3 Å². The first-order valence-electron chi connectivity index (χ1n) is 6.60. The SMILES string of the molecule is CN(C)CC1CC(O)CN1C(=O)N1CSC[C@H]1C(=O)O. The van der Waals surface area contributed by atoms with Crippen molar-refractivity contribution in [2.75, 3.05) is 38.8 Å². The monoisotopic (exact) mass is 303 g/mol. The number of aliphatic carboxylic acids is 1. The number of carboxylic acids is 1. The summed E-state index contributed by atoms with van der Waals surface area (Å²) >= 11 is 1.45. The van der Waals surface area contributed by atoms with Gasteiger partial charge in [0.2, 0.25) is 0 Å².